The Morgan fingerprint density at radius 2 is 1.57 bits per heavy atom. The fourth-order valence-electron chi connectivity index (χ4n) is 3.51. The topological polar surface area (TPSA) is 52.7 Å². The van der Waals surface area contributed by atoms with Gasteiger partial charge in [-0.1, -0.05) is 43.6 Å². The number of halogens is 3. The second kappa shape index (κ2) is 9.43. The second-order valence-electron chi connectivity index (χ2n) is 7.56. The van der Waals surface area contributed by atoms with Gasteiger partial charge in [-0.3, -0.25) is 9.59 Å². The largest absolute Gasteiger partial charge is 0.367 e. The Labute approximate surface area is 179 Å². The Hall–Kier alpha value is -2.67. The van der Waals surface area contributed by atoms with E-state index in [0.717, 1.165) is 17.8 Å². The van der Waals surface area contributed by atoms with Crippen LogP contribution in [-0.4, -0.2) is 48.9 Å². The number of hydrogen-bond acceptors (Lipinski definition) is 3. The number of carbonyl (C=O) groups excluding carboxylic acids is 2. The maximum atomic E-state index is 13.9. The molecule has 2 aromatic carbocycles. The van der Waals surface area contributed by atoms with E-state index in [4.69, 9.17) is 11.6 Å². The molecule has 160 valence electrons. The summed E-state index contributed by atoms with van der Waals surface area (Å²) in [5.41, 5.74) is 0.231. The van der Waals surface area contributed by atoms with Crippen molar-refractivity contribution in [1.29, 1.82) is 0 Å². The summed E-state index contributed by atoms with van der Waals surface area (Å²) in [6, 6.07) is 9.84. The van der Waals surface area contributed by atoms with Gasteiger partial charge in [0.25, 0.3) is 5.91 Å². The number of amides is 2. The van der Waals surface area contributed by atoms with Gasteiger partial charge < -0.3 is 15.1 Å². The molecule has 1 heterocycles. The molecule has 0 bridgehead atoms. The standard InChI is InChI=1S/C22H24ClF2N3O2/c1-14(2)20(26-21(29)19-16(24)7-5-8-17(19)25)22(30)28-12-10-27(11-13-28)18-9-4-3-6-15(18)23/h3-9,14,20H,10-13H2,1-2H3,(H,26,29). The molecule has 1 N–H and O–H groups in total. The number of rotatable bonds is 5. The molecule has 0 spiro atoms. The Morgan fingerprint density at radius 1 is 0.967 bits per heavy atom. The zero-order valence-corrected chi connectivity index (χ0v) is 17.6. The monoisotopic (exact) mass is 435 g/mol. The lowest BCUT2D eigenvalue weighted by molar-refractivity contribution is -0.134. The molecule has 3 rings (SSSR count). The summed E-state index contributed by atoms with van der Waals surface area (Å²) in [6.45, 7) is 5.65. The summed E-state index contributed by atoms with van der Waals surface area (Å²) in [5, 5.41) is 3.17. The third-order valence-corrected chi connectivity index (χ3v) is 5.51. The number of benzene rings is 2. The first kappa shape index (κ1) is 22.0. The van der Waals surface area contributed by atoms with Gasteiger partial charge in [0.2, 0.25) is 5.91 Å². The maximum Gasteiger partial charge on any atom is 0.257 e. The third kappa shape index (κ3) is 4.73. The van der Waals surface area contributed by atoms with Crippen LogP contribution in [0.5, 0.6) is 0 Å². The number of para-hydroxylation sites is 1. The van der Waals surface area contributed by atoms with Gasteiger partial charge in [-0.25, -0.2) is 8.78 Å². The van der Waals surface area contributed by atoms with Crippen molar-refractivity contribution < 1.29 is 18.4 Å². The molecule has 1 aliphatic heterocycles. The van der Waals surface area contributed by atoms with Crippen molar-refractivity contribution in [1.82, 2.24) is 10.2 Å². The molecule has 1 saturated heterocycles. The van der Waals surface area contributed by atoms with Crippen molar-refractivity contribution in [3.05, 3.63) is 64.7 Å². The molecule has 2 amide bonds. The lowest BCUT2D eigenvalue weighted by Gasteiger charge is -2.38. The van der Waals surface area contributed by atoms with E-state index < -0.39 is 29.1 Å². The minimum atomic E-state index is -0.962. The Kier molecular flexibility index (Phi) is 6.92. The van der Waals surface area contributed by atoms with Crippen LogP contribution in [-0.2, 0) is 4.79 Å². The summed E-state index contributed by atoms with van der Waals surface area (Å²) >= 11 is 6.26. The molecule has 0 saturated carbocycles. The van der Waals surface area contributed by atoms with E-state index >= 15 is 0 Å². The summed E-state index contributed by atoms with van der Waals surface area (Å²) in [6.07, 6.45) is 0. The number of carbonyl (C=O) groups is 2. The smallest absolute Gasteiger partial charge is 0.257 e. The van der Waals surface area contributed by atoms with E-state index in [-0.39, 0.29) is 11.8 Å². The van der Waals surface area contributed by atoms with Crippen LogP contribution in [0.15, 0.2) is 42.5 Å². The van der Waals surface area contributed by atoms with E-state index in [0.29, 0.717) is 31.2 Å². The Bertz CT molecular complexity index is 910. The highest BCUT2D eigenvalue weighted by Gasteiger charge is 2.32. The molecule has 5 nitrogen and oxygen atoms in total. The van der Waals surface area contributed by atoms with Crippen molar-refractivity contribution in [3.63, 3.8) is 0 Å². The van der Waals surface area contributed by atoms with E-state index in [1.807, 2.05) is 24.3 Å². The van der Waals surface area contributed by atoms with Gasteiger partial charge in [0.1, 0.15) is 23.2 Å². The summed E-state index contributed by atoms with van der Waals surface area (Å²) in [5.74, 6) is -3.38. The lowest BCUT2D eigenvalue weighted by atomic mass is 10.0. The Morgan fingerprint density at radius 3 is 2.13 bits per heavy atom. The first-order valence-corrected chi connectivity index (χ1v) is 10.2. The molecule has 0 aromatic heterocycles. The van der Waals surface area contributed by atoms with Gasteiger partial charge in [-0.15, -0.1) is 0 Å². The minimum absolute atomic E-state index is 0.252. The van der Waals surface area contributed by atoms with Crippen LogP contribution in [0.3, 0.4) is 0 Å². The SMILES string of the molecule is CC(C)C(NC(=O)c1c(F)cccc1F)C(=O)N1CCN(c2ccccc2Cl)CC1. The van der Waals surface area contributed by atoms with Crippen LogP contribution in [0, 0.1) is 17.6 Å². The van der Waals surface area contributed by atoms with Crippen molar-refractivity contribution in [2.45, 2.75) is 19.9 Å². The van der Waals surface area contributed by atoms with E-state index in [1.165, 1.54) is 6.07 Å². The lowest BCUT2D eigenvalue weighted by Crippen LogP contribution is -2.56. The van der Waals surface area contributed by atoms with E-state index in [1.54, 1.807) is 18.7 Å². The van der Waals surface area contributed by atoms with Gasteiger partial charge in [-0.2, -0.15) is 0 Å². The number of hydrogen-bond donors (Lipinski definition) is 1. The van der Waals surface area contributed by atoms with Gasteiger partial charge >= 0.3 is 0 Å². The number of piperazine rings is 1. The molecular formula is C22H24ClF2N3O2. The average Bonchev–Trinajstić information content (AvgIpc) is 2.72. The molecule has 2 aromatic rings. The van der Waals surface area contributed by atoms with Crippen LogP contribution >= 0.6 is 11.6 Å². The normalized spacial score (nSPS) is 15.3. The maximum absolute atomic E-state index is 13.9. The highest BCUT2D eigenvalue weighted by molar-refractivity contribution is 6.33. The summed E-state index contributed by atoms with van der Waals surface area (Å²) < 4.78 is 27.9. The highest BCUT2D eigenvalue weighted by atomic mass is 35.5. The number of anilines is 1. The number of nitrogens with one attached hydrogen (secondary N) is 1. The summed E-state index contributed by atoms with van der Waals surface area (Å²) in [7, 11) is 0. The minimum Gasteiger partial charge on any atom is -0.367 e. The zero-order chi connectivity index (χ0) is 21.8. The molecule has 0 aliphatic carbocycles. The van der Waals surface area contributed by atoms with Crippen molar-refractivity contribution >= 4 is 29.1 Å². The zero-order valence-electron chi connectivity index (χ0n) is 16.9. The molecule has 30 heavy (non-hydrogen) atoms. The summed E-state index contributed by atoms with van der Waals surface area (Å²) in [4.78, 5) is 29.3. The van der Waals surface area contributed by atoms with Gasteiger partial charge in [0.15, 0.2) is 0 Å². The first-order valence-electron chi connectivity index (χ1n) is 9.82. The predicted octanol–water partition coefficient (Wildman–Crippen LogP) is 3.72. The van der Waals surface area contributed by atoms with Crippen molar-refractivity contribution in [2.75, 3.05) is 31.1 Å². The third-order valence-electron chi connectivity index (χ3n) is 5.19. The van der Waals surface area contributed by atoms with Gasteiger partial charge in [-0.05, 0) is 30.2 Å². The second-order valence-corrected chi connectivity index (χ2v) is 7.96. The fraction of sp³-hybridized carbons (Fsp3) is 0.364. The van der Waals surface area contributed by atoms with Gasteiger partial charge in [0.05, 0.1) is 10.7 Å². The van der Waals surface area contributed by atoms with Crippen molar-refractivity contribution in [3.8, 4) is 0 Å². The van der Waals surface area contributed by atoms with Gasteiger partial charge in [0, 0.05) is 26.2 Å². The quantitative estimate of drug-likeness (QED) is 0.778. The molecule has 8 heteroatoms. The molecule has 1 aliphatic rings. The first-order chi connectivity index (χ1) is 14.3. The molecule has 1 fully saturated rings. The van der Waals surface area contributed by atoms with Crippen LogP contribution in [0.4, 0.5) is 14.5 Å². The average molecular weight is 436 g/mol. The highest BCUT2D eigenvalue weighted by Crippen LogP contribution is 2.26. The molecule has 0 radical (unpaired) electrons. The van der Waals surface area contributed by atoms with E-state index in [2.05, 4.69) is 10.2 Å². The number of nitrogens with zero attached hydrogens (tertiary/aromatic N) is 2. The molecule has 1 unspecified atom stereocenters. The van der Waals surface area contributed by atoms with Crippen LogP contribution in [0.25, 0.3) is 0 Å². The van der Waals surface area contributed by atoms with Crippen LogP contribution in [0.1, 0.15) is 24.2 Å². The van der Waals surface area contributed by atoms with Crippen molar-refractivity contribution in [2.24, 2.45) is 5.92 Å². The molecular weight excluding hydrogens is 412 g/mol. The molecule has 1 atom stereocenters. The fourth-order valence-corrected chi connectivity index (χ4v) is 3.77. The van der Waals surface area contributed by atoms with Crippen LogP contribution in [0.2, 0.25) is 5.02 Å². The Balaban J connectivity index is 1.68. The predicted molar refractivity (Wildman–Crippen MR) is 113 cm³/mol. The van der Waals surface area contributed by atoms with E-state index in [9.17, 15) is 18.4 Å². The van der Waals surface area contributed by atoms with Crippen LogP contribution < -0.4 is 10.2 Å².